The Labute approximate surface area is 72.1 Å². The first-order chi connectivity index (χ1) is 6.36. The van der Waals surface area contributed by atoms with E-state index in [9.17, 15) is 0 Å². The van der Waals surface area contributed by atoms with Crippen molar-refractivity contribution >= 4 is 0 Å². The first kappa shape index (κ1) is 5.94. The molecule has 1 aromatic carbocycles. The van der Waals surface area contributed by atoms with Crippen LogP contribution >= 0.6 is 0 Å². The van der Waals surface area contributed by atoms with Gasteiger partial charge in [-0.05, 0) is 5.56 Å². The lowest BCUT2D eigenvalue weighted by atomic mass is 10.2. The van der Waals surface area contributed by atoms with E-state index in [2.05, 4.69) is 10.3 Å². The largest absolute Gasteiger partial charge is 0.248 e. The third-order valence-electron chi connectivity index (χ3n) is 1.60. The highest BCUT2D eigenvalue weighted by Crippen LogP contribution is 1.99. The van der Waals surface area contributed by atoms with Gasteiger partial charge in [-0.1, -0.05) is 35.5 Å². The van der Waals surface area contributed by atoms with E-state index in [1.807, 2.05) is 30.3 Å². The van der Waals surface area contributed by atoms with Gasteiger partial charge >= 0.3 is 0 Å². The second kappa shape index (κ2) is 3.17. The summed E-state index contributed by atoms with van der Waals surface area (Å²) < 4.78 is 8.99. The molecule has 0 unspecified atom stereocenters. The molecule has 0 fully saturated rings. The van der Waals surface area contributed by atoms with Crippen LogP contribution in [0.2, 0.25) is 0 Å². The van der Waals surface area contributed by atoms with Gasteiger partial charge in [0.1, 0.15) is 0 Å². The molecule has 0 aliphatic heterocycles. The molecule has 0 spiro atoms. The molecule has 0 aliphatic rings. The predicted octanol–water partition coefficient (Wildman–Crippen LogP) is 1.33. The normalized spacial score (nSPS) is 11.2. The third kappa shape index (κ3) is 1.50. The standard InChI is InChI=1S/C9H9N3/c1-2-4-9(5-3-1)8-12-7-6-10-11-12/h1-7H,8H2/i7D. The zero-order valence-corrected chi connectivity index (χ0v) is 6.51. The molecule has 3 heteroatoms. The fraction of sp³-hybridized carbons (Fsp3) is 0.111. The van der Waals surface area contributed by atoms with E-state index in [0.29, 0.717) is 12.7 Å². The van der Waals surface area contributed by atoms with E-state index in [4.69, 9.17) is 1.37 Å². The minimum atomic E-state index is 0.337. The zero-order chi connectivity index (χ0) is 9.10. The Bertz CT molecular complexity index is 383. The first-order valence-corrected chi connectivity index (χ1v) is 3.75. The number of rotatable bonds is 2. The lowest BCUT2D eigenvalue weighted by molar-refractivity contribution is 0.649. The average Bonchev–Trinajstić information content (AvgIpc) is 2.54. The molecular formula is C9H9N3. The molecule has 60 valence electrons. The first-order valence-electron chi connectivity index (χ1n) is 4.25. The summed E-state index contributed by atoms with van der Waals surface area (Å²) in [6.07, 6.45) is 1.77. The molecule has 0 bridgehead atoms. The Morgan fingerprint density at radius 1 is 1.33 bits per heavy atom. The van der Waals surface area contributed by atoms with Crippen molar-refractivity contribution in [2.45, 2.75) is 6.54 Å². The second-order valence-electron chi connectivity index (χ2n) is 2.51. The maximum atomic E-state index is 7.44. The summed E-state index contributed by atoms with van der Waals surface area (Å²) in [7, 11) is 0. The highest BCUT2D eigenvalue weighted by atomic mass is 15.4. The van der Waals surface area contributed by atoms with E-state index in [1.165, 1.54) is 6.20 Å². The van der Waals surface area contributed by atoms with Crippen molar-refractivity contribution in [1.29, 1.82) is 0 Å². The van der Waals surface area contributed by atoms with Crippen LogP contribution in [-0.4, -0.2) is 15.0 Å². The van der Waals surface area contributed by atoms with Crippen LogP contribution in [0.15, 0.2) is 42.7 Å². The van der Waals surface area contributed by atoms with Gasteiger partial charge in [-0.2, -0.15) is 0 Å². The molecule has 12 heavy (non-hydrogen) atoms. The maximum absolute atomic E-state index is 7.44. The smallest absolute Gasteiger partial charge is 0.0854 e. The number of nitrogens with zero attached hydrogens (tertiary/aromatic N) is 3. The van der Waals surface area contributed by atoms with Crippen LogP contribution in [0.25, 0.3) is 0 Å². The van der Waals surface area contributed by atoms with Gasteiger partial charge in [-0.3, -0.25) is 0 Å². The summed E-state index contributed by atoms with van der Waals surface area (Å²) in [4.78, 5) is 0. The lowest BCUT2D eigenvalue weighted by Gasteiger charge is -1.98. The molecule has 0 saturated heterocycles. The van der Waals surface area contributed by atoms with E-state index in [1.54, 1.807) is 4.68 Å². The van der Waals surface area contributed by atoms with Crippen molar-refractivity contribution in [2.75, 3.05) is 0 Å². The number of hydrogen-bond acceptors (Lipinski definition) is 2. The van der Waals surface area contributed by atoms with Crippen molar-refractivity contribution in [3.8, 4) is 0 Å². The Kier molecular flexibility index (Phi) is 1.57. The average molecular weight is 160 g/mol. The van der Waals surface area contributed by atoms with Gasteiger partial charge in [-0.15, -0.1) is 5.10 Å². The molecule has 0 saturated carbocycles. The molecule has 1 aromatic heterocycles. The van der Waals surface area contributed by atoms with Crippen molar-refractivity contribution in [2.24, 2.45) is 0 Å². The van der Waals surface area contributed by atoms with Crippen LogP contribution in [0.4, 0.5) is 0 Å². The molecular weight excluding hydrogens is 150 g/mol. The van der Waals surface area contributed by atoms with Crippen molar-refractivity contribution in [1.82, 2.24) is 15.0 Å². The van der Waals surface area contributed by atoms with Gasteiger partial charge in [0, 0.05) is 6.17 Å². The van der Waals surface area contributed by atoms with Gasteiger partial charge in [-0.25, -0.2) is 4.68 Å². The van der Waals surface area contributed by atoms with Crippen molar-refractivity contribution in [3.63, 3.8) is 0 Å². The van der Waals surface area contributed by atoms with Crippen molar-refractivity contribution in [3.05, 3.63) is 48.3 Å². The summed E-state index contributed by atoms with van der Waals surface area (Å²) in [6.45, 7) is 0.611. The summed E-state index contributed by atoms with van der Waals surface area (Å²) in [5.41, 5.74) is 1.13. The molecule has 0 amide bonds. The topological polar surface area (TPSA) is 30.7 Å². The zero-order valence-electron chi connectivity index (χ0n) is 7.51. The van der Waals surface area contributed by atoms with E-state index < -0.39 is 0 Å². The quantitative estimate of drug-likeness (QED) is 0.663. The van der Waals surface area contributed by atoms with Gasteiger partial charge < -0.3 is 0 Å². The van der Waals surface area contributed by atoms with Crippen LogP contribution in [0.5, 0.6) is 0 Å². The third-order valence-corrected chi connectivity index (χ3v) is 1.60. The molecule has 0 aliphatic carbocycles. The monoisotopic (exact) mass is 160 g/mol. The molecule has 3 nitrogen and oxygen atoms in total. The summed E-state index contributed by atoms with van der Waals surface area (Å²) in [6, 6.07) is 9.90. The second-order valence-corrected chi connectivity index (χ2v) is 2.51. The molecule has 0 radical (unpaired) electrons. The lowest BCUT2D eigenvalue weighted by Crippen LogP contribution is -1.99. The molecule has 1 heterocycles. The summed E-state index contributed by atoms with van der Waals surface area (Å²) in [5, 5.41) is 7.43. The van der Waals surface area contributed by atoms with Crippen molar-refractivity contribution < 1.29 is 1.37 Å². The predicted molar refractivity (Wildman–Crippen MR) is 45.6 cm³/mol. The van der Waals surface area contributed by atoms with Gasteiger partial charge in [0.15, 0.2) is 0 Å². The fourth-order valence-electron chi connectivity index (χ4n) is 1.04. The Morgan fingerprint density at radius 2 is 2.17 bits per heavy atom. The molecule has 0 N–H and O–H groups in total. The highest BCUT2D eigenvalue weighted by Gasteiger charge is 1.92. The number of benzene rings is 1. The van der Waals surface area contributed by atoms with E-state index >= 15 is 0 Å². The molecule has 2 aromatic rings. The Balaban J connectivity index is 2.20. The van der Waals surface area contributed by atoms with Gasteiger partial charge in [0.25, 0.3) is 0 Å². The molecule has 0 atom stereocenters. The fourth-order valence-corrected chi connectivity index (χ4v) is 1.04. The van der Waals surface area contributed by atoms with Crippen LogP contribution in [0.3, 0.4) is 0 Å². The maximum Gasteiger partial charge on any atom is 0.0854 e. The Hall–Kier alpha value is -1.64. The van der Waals surface area contributed by atoms with Gasteiger partial charge in [0.05, 0.1) is 14.1 Å². The van der Waals surface area contributed by atoms with Crippen LogP contribution in [0, 0.1) is 0 Å². The van der Waals surface area contributed by atoms with Crippen LogP contribution in [0.1, 0.15) is 6.93 Å². The van der Waals surface area contributed by atoms with Gasteiger partial charge in [0.2, 0.25) is 0 Å². The minimum absolute atomic E-state index is 0.337. The van der Waals surface area contributed by atoms with Crippen LogP contribution < -0.4 is 0 Å². The Morgan fingerprint density at radius 3 is 2.83 bits per heavy atom. The SMILES string of the molecule is [2H]c1cnnn1Cc1ccccc1. The number of hydrogen-bond donors (Lipinski definition) is 0. The van der Waals surface area contributed by atoms with Crippen LogP contribution in [-0.2, 0) is 6.54 Å². The minimum Gasteiger partial charge on any atom is -0.248 e. The molecule has 2 rings (SSSR count). The van der Waals surface area contributed by atoms with E-state index in [0.717, 1.165) is 5.56 Å². The van der Waals surface area contributed by atoms with E-state index in [-0.39, 0.29) is 0 Å². The summed E-state index contributed by atoms with van der Waals surface area (Å²) in [5.74, 6) is 0. The summed E-state index contributed by atoms with van der Waals surface area (Å²) >= 11 is 0. The highest BCUT2D eigenvalue weighted by molar-refractivity contribution is 5.14. The number of aromatic nitrogens is 3.